The van der Waals surface area contributed by atoms with Crippen LogP contribution in [0.3, 0.4) is 0 Å². The Morgan fingerprint density at radius 3 is 2.76 bits per heavy atom. The number of nitrogens with two attached hydrogens (primary N) is 1. The lowest BCUT2D eigenvalue weighted by Gasteiger charge is -2.19. The number of benzene rings is 1. The number of nitrogens with zero attached hydrogens (tertiary/aromatic N) is 1. The monoisotopic (exact) mass is 289 g/mol. The number of aromatic nitrogens is 1. The SMILES string of the molecule is NC(=O)c1nc2c(cc1-c1ccc(F)cc1F)CCNC2. The summed E-state index contributed by atoms with van der Waals surface area (Å²) in [6.07, 6.45) is 0.733. The molecule has 1 aliphatic rings. The van der Waals surface area contributed by atoms with Crippen molar-refractivity contribution in [2.45, 2.75) is 13.0 Å². The predicted octanol–water partition coefficient (Wildman–Crippen LogP) is 1.77. The molecule has 6 heteroatoms. The quantitative estimate of drug-likeness (QED) is 0.885. The molecule has 1 aromatic carbocycles. The van der Waals surface area contributed by atoms with Crippen molar-refractivity contribution in [3.63, 3.8) is 0 Å². The zero-order valence-electron chi connectivity index (χ0n) is 11.1. The summed E-state index contributed by atoms with van der Waals surface area (Å²) in [4.78, 5) is 15.9. The Morgan fingerprint density at radius 1 is 1.24 bits per heavy atom. The van der Waals surface area contributed by atoms with Gasteiger partial charge in [-0.1, -0.05) is 0 Å². The van der Waals surface area contributed by atoms with Gasteiger partial charge in [0.2, 0.25) is 0 Å². The summed E-state index contributed by atoms with van der Waals surface area (Å²) in [7, 11) is 0. The van der Waals surface area contributed by atoms with E-state index >= 15 is 0 Å². The lowest BCUT2D eigenvalue weighted by molar-refractivity contribution is 0.0996. The number of fused-ring (bicyclic) bond motifs is 1. The maximum Gasteiger partial charge on any atom is 0.267 e. The normalized spacial score (nSPS) is 13.8. The van der Waals surface area contributed by atoms with Crippen LogP contribution in [-0.2, 0) is 13.0 Å². The van der Waals surface area contributed by atoms with Gasteiger partial charge in [-0.15, -0.1) is 0 Å². The summed E-state index contributed by atoms with van der Waals surface area (Å²) in [6, 6.07) is 4.94. The molecule has 4 nitrogen and oxygen atoms in total. The van der Waals surface area contributed by atoms with Crippen molar-refractivity contribution in [1.82, 2.24) is 10.3 Å². The van der Waals surface area contributed by atoms with Crippen LogP contribution in [0.1, 0.15) is 21.7 Å². The molecule has 1 aliphatic heterocycles. The molecule has 1 amide bonds. The van der Waals surface area contributed by atoms with Crippen molar-refractivity contribution in [3.8, 4) is 11.1 Å². The fraction of sp³-hybridized carbons (Fsp3) is 0.200. The Balaban J connectivity index is 2.22. The summed E-state index contributed by atoms with van der Waals surface area (Å²) in [5.74, 6) is -2.15. The topological polar surface area (TPSA) is 68.0 Å². The fourth-order valence-electron chi connectivity index (χ4n) is 2.49. The van der Waals surface area contributed by atoms with Crippen molar-refractivity contribution < 1.29 is 13.6 Å². The van der Waals surface area contributed by atoms with Gasteiger partial charge in [-0.2, -0.15) is 0 Å². The van der Waals surface area contributed by atoms with Crippen LogP contribution in [0, 0.1) is 11.6 Å². The first-order valence-electron chi connectivity index (χ1n) is 6.55. The van der Waals surface area contributed by atoms with E-state index in [1.165, 1.54) is 6.07 Å². The van der Waals surface area contributed by atoms with Crippen LogP contribution < -0.4 is 11.1 Å². The van der Waals surface area contributed by atoms with Crippen LogP contribution in [0.5, 0.6) is 0 Å². The van der Waals surface area contributed by atoms with Crippen LogP contribution in [0.2, 0.25) is 0 Å². The fourth-order valence-corrected chi connectivity index (χ4v) is 2.49. The number of hydrogen-bond donors (Lipinski definition) is 2. The smallest absolute Gasteiger partial charge is 0.267 e. The number of pyridine rings is 1. The number of nitrogens with one attached hydrogen (secondary N) is 1. The van der Waals surface area contributed by atoms with E-state index < -0.39 is 17.5 Å². The summed E-state index contributed by atoms with van der Waals surface area (Å²) < 4.78 is 27.0. The highest BCUT2D eigenvalue weighted by atomic mass is 19.1. The van der Waals surface area contributed by atoms with Crippen molar-refractivity contribution in [1.29, 1.82) is 0 Å². The Labute approximate surface area is 120 Å². The molecule has 0 atom stereocenters. The Hall–Kier alpha value is -2.34. The molecular weight excluding hydrogens is 276 g/mol. The molecule has 1 aromatic heterocycles. The zero-order chi connectivity index (χ0) is 15.0. The van der Waals surface area contributed by atoms with E-state index in [0.29, 0.717) is 12.1 Å². The Bertz CT molecular complexity index is 731. The highest BCUT2D eigenvalue weighted by molar-refractivity contribution is 5.98. The number of hydrogen-bond acceptors (Lipinski definition) is 3. The van der Waals surface area contributed by atoms with E-state index in [4.69, 9.17) is 5.73 Å². The highest BCUT2D eigenvalue weighted by Gasteiger charge is 2.20. The van der Waals surface area contributed by atoms with Crippen molar-refractivity contribution in [3.05, 3.63) is 52.9 Å². The van der Waals surface area contributed by atoms with E-state index in [1.807, 2.05) is 0 Å². The van der Waals surface area contributed by atoms with Gasteiger partial charge in [0, 0.05) is 23.7 Å². The molecule has 21 heavy (non-hydrogen) atoms. The van der Waals surface area contributed by atoms with Crippen LogP contribution >= 0.6 is 0 Å². The number of carbonyl (C=O) groups excluding carboxylic acids is 1. The summed E-state index contributed by atoms with van der Waals surface area (Å²) in [6.45, 7) is 1.33. The van der Waals surface area contributed by atoms with E-state index in [-0.39, 0.29) is 11.3 Å². The molecule has 0 unspecified atom stereocenters. The summed E-state index contributed by atoms with van der Waals surface area (Å²) in [5.41, 5.74) is 7.46. The van der Waals surface area contributed by atoms with Gasteiger partial charge in [-0.3, -0.25) is 4.79 Å². The molecule has 2 aromatic rings. The predicted molar refractivity (Wildman–Crippen MR) is 73.5 cm³/mol. The average Bonchev–Trinajstić information content (AvgIpc) is 2.46. The molecule has 0 bridgehead atoms. The maximum absolute atomic E-state index is 14.0. The lowest BCUT2D eigenvalue weighted by atomic mass is 9.96. The number of rotatable bonds is 2. The molecule has 3 N–H and O–H groups in total. The lowest BCUT2D eigenvalue weighted by Crippen LogP contribution is -2.27. The van der Waals surface area contributed by atoms with Crippen molar-refractivity contribution in [2.24, 2.45) is 5.73 Å². The van der Waals surface area contributed by atoms with E-state index in [2.05, 4.69) is 10.3 Å². The molecule has 0 fully saturated rings. The van der Waals surface area contributed by atoms with Crippen LogP contribution in [0.25, 0.3) is 11.1 Å². The van der Waals surface area contributed by atoms with Gasteiger partial charge in [0.25, 0.3) is 5.91 Å². The third-order valence-corrected chi connectivity index (χ3v) is 3.51. The molecule has 3 rings (SSSR count). The second-order valence-corrected chi connectivity index (χ2v) is 4.91. The number of halogens is 2. The average molecular weight is 289 g/mol. The molecule has 2 heterocycles. The first-order valence-corrected chi connectivity index (χ1v) is 6.55. The third-order valence-electron chi connectivity index (χ3n) is 3.51. The minimum Gasteiger partial charge on any atom is -0.364 e. The maximum atomic E-state index is 14.0. The second kappa shape index (κ2) is 5.21. The molecule has 0 radical (unpaired) electrons. The van der Waals surface area contributed by atoms with E-state index in [9.17, 15) is 13.6 Å². The largest absolute Gasteiger partial charge is 0.364 e. The number of carbonyl (C=O) groups is 1. The molecule has 0 spiro atoms. The Morgan fingerprint density at radius 2 is 2.05 bits per heavy atom. The van der Waals surface area contributed by atoms with Crippen LogP contribution in [-0.4, -0.2) is 17.4 Å². The van der Waals surface area contributed by atoms with Gasteiger partial charge in [0.1, 0.15) is 17.3 Å². The first kappa shape index (κ1) is 13.6. The van der Waals surface area contributed by atoms with Gasteiger partial charge >= 0.3 is 0 Å². The van der Waals surface area contributed by atoms with E-state index in [1.54, 1.807) is 6.07 Å². The van der Waals surface area contributed by atoms with Gasteiger partial charge in [0.05, 0.1) is 5.69 Å². The van der Waals surface area contributed by atoms with Gasteiger partial charge in [-0.05, 0) is 36.7 Å². The van der Waals surface area contributed by atoms with Crippen molar-refractivity contribution >= 4 is 5.91 Å². The highest BCUT2D eigenvalue weighted by Crippen LogP contribution is 2.29. The van der Waals surface area contributed by atoms with Gasteiger partial charge in [0.15, 0.2) is 0 Å². The minimum atomic E-state index is -0.742. The number of amides is 1. The molecule has 0 aliphatic carbocycles. The third kappa shape index (κ3) is 2.50. The summed E-state index contributed by atoms with van der Waals surface area (Å²) in [5, 5.41) is 3.15. The first-order chi connectivity index (χ1) is 10.1. The molecule has 0 saturated carbocycles. The second-order valence-electron chi connectivity index (χ2n) is 4.91. The van der Waals surface area contributed by atoms with Crippen LogP contribution in [0.4, 0.5) is 8.78 Å². The molecular formula is C15H13F2N3O. The van der Waals surface area contributed by atoms with Gasteiger partial charge < -0.3 is 11.1 Å². The molecule has 108 valence electrons. The Kier molecular flexibility index (Phi) is 3.39. The molecule has 0 saturated heterocycles. The minimum absolute atomic E-state index is 0.00274. The van der Waals surface area contributed by atoms with Crippen molar-refractivity contribution in [2.75, 3.05) is 6.54 Å². The summed E-state index contributed by atoms with van der Waals surface area (Å²) >= 11 is 0. The van der Waals surface area contributed by atoms with E-state index in [0.717, 1.165) is 36.4 Å². The number of primary amides is 1. The standard InChI is InChI=1S/C15H13F2N3O/c16-9-1-2-10(12(17)6-9)11-5-8-3-4-19-7-13(8)20-14(11)15(18)21/h1-2,5-6,19H,3-4,7H2,(H2,18,21). The van der Waals surface area contributed by atoms with Gasteiger partial charge in [-0.25, -0.2) is 13.8 Å². The van der Waals surface area contributed by atoms with Crippen LogP contribution in [0.15, 0.2) is 24.3 Å². The zero-order valence-corrected chi connectivity index (χ0v) is 11.1.